The number of nitrogens with one attached hydrogen (secondary N) is 1. The first-order chi connectivity index (χ1) is 14.5. The van der Waals surface area contributed by atoms with Gasteiger partial charge in [0.15, 0.2) is 0 Å². The van der Waals surface area contributed by atoms with E-state index in [0.29, 0.717) is 11.8 Å². The Labute approximate surface area is 179 Å². The molecule has 0 saturated carbocycles. The van der Waals surface area contributed by atoms with Gasteiger partial charge in [0.1, 0.15) is 11.9 Å². The van der Waals surface area contributed by atoms with Gasteiger partial charge >= 0.3 is 0 Å². The van der Waals surface area contributed by atoms with Crippen LogP contribution in [0.15, 0.2) is 42.5 Å². The number of anilines is 1. The van der Waals surface area contributed by atoms with Gasteiger partial charge in [0.05, 0.1) is 6.04 Å². The molecule has 3 heterocycles. The van der Waals surface area contributed by atoms with Gasteiger partial charge in [-0.05, 0) is 49.6 Å². The summed E-state index contributed by atoms with van der Waals surface area (Å²) < 4.78 is 0. The number of hydrogen-bond donors (Lipinski definition) is 1. The second-order valence-corrected chi connectivity index (χ2v) is 8.02. The van der Waals surface area contributed by atoms with Crippen LogP contribution in [0.3, 0.4) is 0 Å². The maximum absolute atomic E-state index is 9.34. The molecule has 2 aromatic heterocycles. The number of nitrogens with zero attached hydrogens (tertiary/aromatic N) is 5. The van der Waals surface area contributed by atoms with E-state index in [1.165, 1.54) is 11.1 Å². The Morgan fingerprint density at radius 2 is 1.90 bits per heavy atom. The summed E-state index contributed by atoms with van der Waals surface area (Å²) in [5, 5.41) is 11.2. The Morgan fingerprint density at radius 3 is 2.67 bits per heavy atom. The Morgan fingerprint density at radius 1 is 1.10 bits per heavy atom. The average Bonchev–Trinajstić information content (AvgIpc) is 3.11. The zero-order valence-corrected chi connectivity index (χ0v) is 17.4. The summed E-state index contributed by atoms with van der Waals surface area (Å²) in [6.45, 7) is 4.58. The standard InChI is InChI=1S/C23H19ClN6/c1-13-3-5-15(6-4-13)22-21-17(18-11-16(24)7-8-19(18)28-21)9-10-30(22)23-27-14(2)26-20(12-25)29-23/h3-8,11,22,28H,9-10H2,1-2H3/t22-/m0/s1. The van der Waals surface area contributed by atoms with E-state index in [1.54, 1.807) is 6.92 Å². The van der Waals surface area contributed by atoms with Crippen molar-refractivity contribution in [3.63, 3.8) is 0 Å². The third kappa shape index (κ3) is 3.08. The van der Waals surface area contributed by atoms with Crippen molar-refractivity contribution < 1.29 is 0 Å². The van der Waals surface area contributed by atoms with Crippen LogP contribution in [-0.4, -0.2) is 26.5 Å². The summed E-state index contributed by atoms with van der Waals surface area (Å²) in [6.07, 6.45) is 0.824. The number of H-pyrrole nitrogens is 1. The third-order valence-electron chi connectivity index (χ3n) is 5.57. The highest BCUT2D eigenvalue weighted by Gasteiger charge is 2.33. The van der Waals surface area contributed by atoms with E-state index >= 15 is 0 Å². The number of benzene rings is 2. The lowest BCUT2D eigenvalue weighted by atomic mass is 9.92. The van der Waals surface area contributed by atoms with Gasteiger partial charge in [0.2, 0.25) is 11.8 Å². The molecule has 2 aromatic carbocycles. The number of nitriles is 1. The van der Waals surface area contributed by atoms with Crippen LogP contribution in [0.25, 0.3) is 10.9 Å². The van der Waals surface area contributed by atoms with Gasteiger partial charge in [-0.25, -0.2) is 4.98 Å². The zero-order chi connectivity index (χ0) is 20.8. The van der Waals surface area contributed by atoms with Crippen molar-refractivity contribution in [3.05, 3.63) is 81.5 Å². The van der Waals surface area contributed by atoms with E-state index in [9.17, 15) is 5.26 Å². The van der Waals surface area contributed by atoms with Crippen LogP contribution in [0, 0.1) is 25.2 Å². The summed E-state index contributed by atoms with van der Waals surface area (Å²) in [6, 6.07) is 16.4. The second-order valence-electron chi connectivity index (χ2n) is 7.58. The van der Waals surface area contributed by atoms with Crippen molar-refractivity contribution in [3.8, 4) is 6.07 Å². The second kappa shape index (κ2) is 7.12. The predicted octanol–water partition coefficient (Wildman–Crippen LogP) is 4.65. The molecule has 0 radical (unpaired) electrons. The van der Waals surface area contributed by atoms with Crippen LogP contribution < -0.4 is 4.90 Å². The van der Waals surface area contributed by atoms with E-state index in [1.807, 2.05) is 24.3 Å². The van der Waals surface area contributed by atoms with Crippen LogP contribution in [0.1, 0.15) is 40.1 Å². The maximum Gasteiger partial charge on any atom is 0.237 e. The molecule has 1 N–H and O–H groups in total. The molecule has 1 aliphatic rings. The molecule has 0 saturated heterocycles. The van der Waals surface area contributed by atoms with Gasteiger partial charge in [-0.1, -0.05) is 41.4 Å². The van der Waals surface area contributed by atoms with E-state index in [-0.39, 0.29) is 11.9 Å². The fourth-order valence-corrected chi connectivity index (χ4v) is 4.39. The van der Waals surface area contributed by atoms with Crippen LogP contribution in [0.2, 0.25) is 5.02 Å². The molecule has 30 heavy (non-hydrogen) atoms. The first-order valence-corrected chi connectivity index (χ1v) is 10.2. The van der Waals surface area contributed by atoms with Crippen molar-refractivity contribution in [1.82, 2.24) is 19.9 Å². The van der Waals surface area contributed by atoms with Crippen molar-refractivity contribution in [2.75, 3.05) is 11.4 Å². The van der Waals surface area contributed by atoms with E-state index < -0.39 is 0 Å². The number of aryl methyl sites for hydroxylation is 2. The number of halogens is 1. The molecule has 0 aliphatic carbocycles. The summed E-state index contributed by atoms with van der Waals surface area (Å²) in [7, 11) is 0. The number of aromatic amines is 1. The molecular formula is C23H19ClN6. The van der Waals surface area contributed by atoms with Gasteiger partial charge in [0.25, 0.3) is 0 Å². The smallest absolute Gasteiger partial charge is 0.237 e. The number of rotatable bonds is 2. The third-order valence-corrected chi connectivity index (χ3v) is 5.81. The van der Waals surface area contributed by atoms with E-state index in [0.717, 1.165) is 40.1 Å². The van der Waals surface area contributed by atoms with Gasteiger partial charge in [-0.3, -0.25) is 0 Å². The molecule has 0 fully saturated rings. The summed E-state index contributed by atoms with van der Waals surface area (Å²) in [5.74, 6) is 1.19. The highest BCUT2D eigenvalue weighted by molar-refractivity contribution is 6.31. The Balaban J connectivity index is 1.72. The molecule has 5 rings (SSSR count). The van der Waals surface area contributed by atoms with Crippen LogP contribution >= 0.6 is 11.6 Å². The molecular weight excluding hydrogens is 396 g/mol. The molecule has 6 nitrogen and oxygen atoms in total. The van der Waals surface area contributed by atoms with Gasteiger partial charge < -0.3 is 9.88 Å². The lowest BCUT2D eigenvalue weighted by Crippen LogP contribution is -2.37. The Hall–Kier alpha value is -3.43. The van der Waals surface area contributed by atoms with E-state index in [4.69, 9.17) is 11.6 Å². The summed E-state index contributed by atoms with van der Waals surface area (Å²) in [4.78, 5) is 18.9. The number of fused-ring (bicyclic) bond motifs is 3. The molecule has 1 aliphatic heterocycles. The molecule has 0 amide bonds. The summed E-state index contributed by atoms with van der Waals surface area (Å²) >= 11 is 6.28. The molecule has 7 heteroatoms. The highest BCUT2D eigenvalue weighted by Crippen LogP contribution is 2.40. The predicted molar refractivity (Wildman–Crippen MR) is 117 cm³/mol. The fraction of sp³-hybridized carbons (Fsp3) is 0.217. The van der Waals surface area contributed by atoms with Gasteiger partial charge in [-0.2, -0.15) is 15.2 Å². The lowest BCUT2D eigenvalue weighted by molar-refractivity contribution is 0.621. The highest BCUT2D eigenvalue weighted by atomic mass is 35.5. The number of aromatic nitrogens is 4. The summed E-state index contributed by atoms with van der Waals surface area (Å²) in [5.41, 5.74) is 5.77. The van der Waals surface area contributed by atoms with Crippen molar-refractivity contribution in [2.24, 2.45) is 0 Å². The quantitative estimate of drug-likeness (QED) is 0.516. The van der Waals surface area contributed by atoms with Crippen LogP contribution in [-0.2, 0) is 6.42 Å². The first kappa shape index (κ1) is 18.6. The minimum atomic E-state index is -0.103. The van der Waals surface area contributed by atoms with Crippen LogP contribution in [0.4, 0.5) is 5.95 Å². The van der Waals surface area contributed by atoms with E-state index in [2.05, 4.69) is 56.0 Å². The zero-order valence-electron chi connectivity index (χ0n) is 16.6. The normalized spacial score (nSPS) is 15.8. The average molecular weight is 415 g/mol. The molecule has 1 atom stereocenters. The molecule has 0 unspecified atom stereocenters. The fourth-order valence-electron chi connectivity index (χ4n) is 4.22. The lowest BCUT2D eigenvalue weighted by Gasteiger charge is -2.36. The van der Waals surface area contributed by atoms with Crippen LogP contribution in [0.5, 0.6) is 0 Å². The Kier molecular flexibility index (Phi) is 4.41. The molecule has 0 bridgehead atoms. The maximum atomic E-state index is 9.34. The number of hydrogen-bond acceptors (Lipinski definition) is 5. The van der Waals surface area contributed by atoms with Crippen molar-refractivity contribution in [2.45, 2.75) is 26.3 Å². The minimum absolute atomic E-state index is 0.103. The first-order valence-electron chi connectivity index (χ1n) is 9.79. The topological polar surface area (TPSA) is 81.5 Å². The Bertz CT molecular complexity index is 1300. The van der Waals surface area contributed by atoms with Gasteiger partial charge in [-0.15, -0.1) is 0 Å². The molecule has 0 spiro atoms. The van der Waals surface area contributed by atoms with Gasteiger partial charge in [0, 0.05) is 28.2 Å². The largest absolute Gasteiger partial charge is 0.356 e. The molecule has 148 valence electrons. The SMILES string of the molecule is Cc1ccc([C@H]2c3[nH]c4ccc(Cl)cc4c3CCN2c2nc(C)nc(C#N)n2)cc1. The van der Waals surface area contributed by atoms with Crippen molar-refractivity contribution >= 4 is 28.5 Å². The van der Waals surface area contributed by atoms with Crippen molar-refractivity contribution in [1.29, 1.82) is 5.26 Å². The molecule has 4 aromatic rings. The monoisotopic (exact) mass is 414 g/mol. The minimum Gasteiger partial charge on any atom is -0.356 e.